The van der Waals surface area contributed by atoms with Gasteiger partial charge in [0, 0.05) is 12.6 Å². The van der Waals surface area contributed by atoms with Crippen molar-refractivity contribution in [1.29, 1.82) is 0 Å². The Morgan fingerprint density at radius 1 is 1.38 bits per heavy atom. The molecule has 1 rings (SSSR count). The first-order valence-electron chi connectivity index (χ1n) is 6.84. The van der Waals surface area contributed by atoms with Crippen LogP contribution < -0.4 is 10.5 Å². The van der Waals surface area contributed by atoms with Gasteiger partial charge in [0.2, 0.25) is 10.0 Å². The number of hydrogen-bond donors (Lipinski definition) is 2. The summed E-state index contributed by atoms with van der Waals surface area (Å²) in [7, 11) is -3.78. The molecular weight excluding hydrogens is 295 g/mol. The smallest absolute Gasteiger partial charge is 0.241 e. The van der Waals surface area contributed by atoms with Crippen LogP contribution >= 0.6 is 0 Å². The average molecular weight is 318 g/mol. The summed E-state index contributed by atoms with van der Waals surface area (Å²) in [4.78, 5) is -0.0106. The molecule has 0 spiro atoms. The fraction of sp³-hybridized carbons (Fsp3) is 0.571. The molecule has 120 valence electrons. The molecule has 0 heterocycles. The zero-order chi connectivity index (χ0) is 16.2. The Morgan fingerprint density at radius 3 is 2.52 bits per heavy atom. The molecule has 0 radical (unpaired) electrons. The van der Waals surface area contributed by atoms with Gasteiger partial charge in [-0.2, -0.15) is 0 Å². The first kappa shape index (κ1) is 17.9. The first-order chi connectivity index (χ1) is 9.69. The van der Waals surface area contributed by atoms with Gasteiger partial charge in [-0.1, -0.05) is 13.8 Å². The summed E-state index contributed by atoms with van der Waals surface area (Å²) in [6.45, 7) is 7.97. The van der Waals surface area contributed by atoms with Crippen molar-refractivity contribution in [3.8, 4) is 0 Å². The van der Waals surface area contributed by atoms with Gasteiger partial charge in [0.1, 0.15) is 5.82 Å². The topological polar surface area (TPSA) is 81.4 Å². The Bertz CT molecular complexity index is 588. The number of rotatable bonds is 7. The van der Waals surface area contributed by atoms with Crippen molar-refractivity contribution < 1.29 is 17.5 Å². The summed E-state index contributed by atoms with van der Waals surface area (Å²) >= 11 is 0. The van der Waals surface area contributed by atoms with Gasteiger partial charge in [-0.15, -0.1) is 0 Å². The number of halogens is 1. The molecule has 0 amide bonds. The number of hydrogen-bond acceptors (Lipinski definition) is 4. The third-order valence-electron chi connectivity index (χ3n) is 3.20. The van der Waals surface area contributed by atoms with Crippen LogP contribution in [0.1, 0.15) is 26.3 Å². The molecule has 1 unspecified atom stereocenters. The molecule has 0 fully saturated rings. The molecule has 3 N–H and O–H groups in total. The number of anilines is 1. The maximum Gasteiger partial charge on any atom is 0.241 e. The number of nitrogens with two attached hydrogens (primary N) is 1. The standard InChI is InChI=1S/C14H23FN2O3S/c1-5-20-8-13(9(2)3)17-21(18,19)14-7-12(16)11(15)6-10(14)4/h6-7,9,13,17H,5,8,16H2,1-4H3. The second kappa shape index (κ2) is 7.20. The molecule has 5 nitrogen and oxygen atoms in total. The maximum absolute atomic E-state index is 13.3. The predicted molar refractivity (Wildman–Crippen MR) is 81.0 cm³/mol. The maximum atomic E-state index is 13.3. The van der Waals surface area contributed by atoms with E-state index in [2.05, 4.69) is 4.72 Å². The van der Waals surface area contributed by atoms with Crippen LogP contribution in [0.5, 0.6) is 0 Å². The van der Waals surface area contributed by atoms with Gasteiger partial charge >= 0.3 is 0 Å². The van der Waals surface area contributed by atoms with Crippen LogP contribution in [-0.4, -0.2) is 27.7 Å². The molecule has 0 saturated carbocycles. The average Bonchev–Trinajstić information content (AvgIpc) is 2.38. The largest absolute Gasteiger partial charge is 0.396 e. The fourth-order valence-corrected chi connectivity index (χ4v) is 3.46. The molecule has 0 aliphatic carbocycles. The minimum Gasteiger partial charge on any atom is -0.396 e. The third-order valence-corrected chi connectivity index (χ3v) is 4.83. The van der Waals surface area contributed by atoms with E-state index < -0.39 is 15.8 Å². The Balaban J connectivity index is 3.07. The number of benzene rings is 1. The molecule has 7 heteroatoms. The molecule has 1 aromatic carbocycles. The lowest BCUT2D eigenvalue weighted by molar-refractivity contribution is 0.116. The van der Waals surface area contributed by atoms with E-state index in [-0.39, 0.29) is 29.1 Å². The zero-order valence-corrected chi connectivity index (χ0v) is 13.6. The van der Waals surface area contributed by atoms with Crippen LogP contribution in [0.15, 0.2) is 17.0 Å². The number of nitrogen functional groups attached to an aromatic ring is 1. The Kier molecular flexibility index (Phi) is 6.12. The highest BCUT2D eigenvalue weighted by Gasteiger charge is 2.25. The molecule has 1 atom stereocenters. The van der Waals surface area contributed by atoms with Crippen molar-refractivity contribution in [1.82, 2.24) is 4.72 Å². The van der Waals surface area contributed by atoms with Crippen LogP contribution in [-0.2, 0) is 14.8 Å². The third kappa shape index (κ3) is 4.66. The van der Waals surface area contributed by atoms with E-state index in [1.54, 1.807) is 0 Å². The van der Waals surface area contributed by atoms with Gasteiger partial charge in [0.25, 0.3) is 0 Å². The van der Waals surface area contributed by atoms with E-state index in [4.69, 9.17) is 10.5 Å². The molecule has 0 bridgehead atoms. The van der Waals surface area contributed by atoms with Crippen LogP contribution in [0.25, 0.3) is 0 Å². The number of aryl methyl sites for hydroxylation is 1. The van der Waals surface area contributed by atoms with Crippen LogP contribution in [0, 0.1) is 18.7 Å². The lowest BCUT2D eigenvalue weighted by Gasteiger charge is -2.22. The number of sulfonamides is 1. The van der Waals surface area contributed by atoms with Crippen molar-refractivity contribution >= 4 is 15.7 Å². The summed E-state index contributed by atoms with van der Waals surface area (Å²) in [5.41, 5.74) is 5.59. The van der Waals surface area contributed by atoms with Crippen molar-refractivity contribution in [2.24, 2.45) is 5.92 Å². The Morgan fingerprint density at radius 2 is 2.00 bits per heavy atom. The summed E-state index contributed by atoms with van der Waals surface area (Å²) in [6.07, 6.45) is 0. The Hall–Kier alpha value is -1.18. The molecule has 0 aliphatic rings. The van der Waals surface area contributed by atoms with Gasteiger partial charge < -0.3 is 10.5 Å². The first-order valence-corrected chi connectivity index (χ1v) is 8.33. The highest BCUT2D eigenvalue weighted by molar-refractivity contribution is 7.89. The Labute approximate surface area is 125 Å². The van der Waals surface area contributed by atoms with E-state index in [9.17, 15) is 12.8 Å². The molecule has 0 saturated heterocycles. The molecule has 21 heavy (non-hydrogen) atoms. The van der Waals surface area contributed by atoms with Crippen molar-refractivity contribution in [3.05, 3.63) is 23.5 Å². The van der Waals surface area contributed by atoms with Crippen molar-refractivity contribution in [2.45, 2.75) is 38.6 Å². The lowest BCUT2D eigenvalue weighted by atomic mass is 10.1. The van der Waals surface area contributed by atoms with Gasteiger partial charge in [-0.3, -0.25) is 0 Å². The molecule has 0 aliphatic heterocycles. The van der Waals surface area contributed by atoms with E-state index in [0.29, 0.717) is 12.2 Å². The van der Waals surface area contributed by atoms with Crippen molar-refractivity contribution in [2.75, 3.05) is 18.9 Å². The number of nitrogens with one attached hydrogen (secondary N) is 1. The van der Waals surface area contributed by atoms with Gasteiger partial charge in [-0.25, -0.2) is 17.5 Å². The van der Waals surface area contributed by atoms with Crippen molar-refractivity contribution in [3.63, 3.8) is 0 Å². The second-order valence-corrected chi connectivity index (χ2v) is 6.95. The normalized spacial score (nSPS) is 13.6. The second-order valence-electron chi connectivity index (χ2n) is 5.27. The van der Waals surface area contributed by atoms with Crippen LogP contribution in [0.4, 0.5) is 10.1 Å². The van der Waals surface area contributed by atoms with Gasteiger partial charge in [0.05, 0.1) is 17.2 Å². The predicted octanol–water partition coefficient (Wildman–Crippen LogP) is 2.06. The SMILES string of the molecule is CCOCC(NS(=O)(=O)c1cc(N)c(F)cc1C)C(C)C. The molecular formula is C14H23FN2O3S. The zero-order valence-electron chi connectivity index (χ0n) is 12.8. The summed E-state index contributed by atoms with van der Waals surface area (Å²) in [5, 5.41) is 0. The van der Waals surface area contributed by atoms with Crippen LogP contribution in [0.3, 0.4) is 0 Å². The van der Waals surface area contributed by atoms with Gasteiger partial charge in [-0.05, 0) is 37.5 Å². The fourth-order valence-electron chi connectivity index (χ4n) is 1.83. The minimum absolute atomic E-state index is 0.0106. The quantitative estimate of drug-likeness (QED) is 0.754. The van der Waals surface area contributed by atoms with Crippen LogP contribution in [0.2, 0.25) is 0 Å². The number of ether oxygens (including phenoxy) is 1. The van der Waals surface area contributed by atoms with E-state index in [0.717, 1.165) is 12.1 Å². The monoisotopic (exact) mass is 318 g/mol. The highest BCUT2D eigenvalue weighted by Crippen LogP contribution is 2.22. The van der Waals surface area contributed by atoms with Gasteiger partial charge in [0.15, 0.2) is 0 Å². The summed E-state index contributed by atoms with van der Waals surface area (Å²) in [6, 6.07) is 1.91. The highest BCUT2D eigenvalue weighted by atomic mass is 32.2. The summed E-state index contributed by atoms with van der Waals surface area (Å²) in [5.74, 6) is -0.564. The lowest BCUT2D eigenvalue weighted by Crippen LogP contribution is -2.42. The van der Waals surface area contributed by atoms with E-state index in [1.165, 1.54) is 6.92 Å². The minimum atomic E-state index is -3.78. The molecule has 0 aromatic heterocycles. The van der Waals surface area contributed by atoms with E-state index >= 15 is 0 Å². The summed E-state index contributed by atoms with van der Waals surface area (Å²) < 4.78 is 46.1. The van der Waals surface area contributed by atoms with E-state index in [1.807, 2.05) is 20.8 Å². The molecule has 1 aromatic rings.